The lowest BCUT2D eigenvalue weighted by Crippen LogP contribution is -2.70. The summed E-state index contributed by atoms with van der Waals surface area (Å²) in [5.41, 5.74) is 12.4. The first-order chi connectivity index (χ1) is 16.8. The van der Waals surface area contributed by atoms with Gasteiger partial charge in [-0.05, 0) is 31.2 Å². The summed E-state index contributed by atoms with van der Waals surface area (Å²) < 4.78 is 6.76. The SMILES string of the molecule is C#Cc1ccc([N+]2(C(N)=O)C[C@H](OCC)C[C@@]2(C(N)=O)c2ccc(-n3ccncc3=O)cc2)cc1. The molecule has 178 valence electrons. The first kappa shape index (κ1) is 23.9. The molecule has 35 heavy (non-hydrogen) atoms. The van der Waals surface area contributed by atoms with Crippen molar-refractivity contribution in [1.82, 2.24) is 14.0 Å². The largest absolute Gasteiger partial charge is 0.420 e. The molecule has 2 heterocycles. The van der Waals surface area contributed by atoms with Crippen LogP contribution in [0.25, 0.3) is 5.69 Å². The van der Waals surface area contributed by atoms with Crippen LogP contribution in [0.5, 0.6) is 0 Å². The number of rotatable bonds is 6. The highest BCUT2D eigenvalue weighted by molar-refractivity contribution is 5.99. The highest BCUT2D eigenvalue weighted by atomic mass is 16.5. The minimum Gasteiger partial charge on any atom is -0.372 e. The minimum absolute atomic E-state index is 0.118. The van der Waals surface area contributed by atoms with Gasteiger partial charge in [-0.15, -0.1) is 6.42 Å². The summed E-state index contributed by atoms with van der Waals surface area (Å²) in [4.78, 5) is 42.7. The zero-order chi connectivity index (χ0) is 25.2. The molecule has 1 aromatic heterocycles. The molecule has 4 N–H and O–H groups in total. The van der Waals surface area contributed by atoms with E-state index in [9.17, 15) is 14.4 Å². The van der Waals surface area contributed by atoms with Crippen LogP contribution >= 0.6 is 0 Å². The fraction of sp³-hybridized carbons (Fsp3) is 0.231. The predicted molar refractivity (Wildman–Crippen MR) is 131 cm³/mol. The third kappa shape index (κ3) is 3.69. The van der Waals surface area contributed by atoms with Gasteiger partial charge in [0.15, 0.2) is 0 Å². The molecule has 4 rings (SSSR count). The van der Waals surface area contributed by atoms with Crippen LogP contribution in [0.1, 0.15) is 24.5 Å². The quantitative estimate of drug-likeness (QED) is 0.417. The highest BCUT2D eigenvalue weighted by Gasteiger charge is 2.68. The Morgan fingerprint density at radius 1 is 1.20 bits per heavy atom. The molecule has 1 unspecified atom stereocenters. The van der Waals surface area contributed by atoms with Gasteiger partial charge in [-0.3, -0.25) is 19.1 Å². The van der Waals surface area contributed by atoms with Gasteiger partial charge >= 0.3 is 6.03 Å². The number of likely N-dealkylation sites (tertiary alicyclic amines) is 1. The predicted octanol–water partition coefficient (Wildman–Crippen LogP) is 1.79. The number of benzene rings is 2. The highest BCUT2D eigenvalue weighted by Crippen LogP contribution is 2.49. The van der Waals surface area contributed by atoms with Gasteiger partial charge in [0.1, 0.15) is 18.3 Å². The number of carbonyl (C=O) groups is 2. The molecule has 3 atom stereocenters. The Bertz CT molecular complexity index is 1360. The van der Waals surface area contributed by atoms with Crippen molar-refractivity contribution in [2.75, 3.05) is 13.2 Å². The van der Waals surface area contributed by atoms with Crippen LogP contribution in [-0.4, -0.2) is 40.7 Å². The first-order valence-electron chi connectivity index (χ1n) is 11.1. The third-order valence-corrected chi connectivity index (χ3v) is 6.66. The second kappa shape index (κ2) is 9.18. The van der Waals surface area contributed by atoms with E-state index in [0.717, 1.165) is 0 Å². The molecule has 9 heteroatoms. The van der Waals surface area contributed by atoms with Gasteiger partial charge in [-0.1, -0.05) is 18.1 Å². The van der Waals surface area contributed by atoms with Gasteiger partial charge in [0.2, 0.25) is 5.54 Å². The Morgan fingerprint density at radius 3 is 2.43 bits per heavy atom. The monoisotopic (exact) mass is 472 g/mol. The maximum absolute atomic E-state index is 13.3. The fourth-order valence-electron chi connectivity index (χ4n) is 5.13. The van der Waals surface area contributed by atoms with Crippen molar-refractivity contribution in [2.24, 2.45) is 11.5 Å². The number of aromatic nitrogens is 2. The molecular formula is C26H26N5O4+. The number of terminal acetylenes is 1. The summed E-state index contributed by atoms with van der Waals surface area (Å²) in [6, 6.07) is 12.8. The molecule has 0 saturated carbocycles. The molecule has 0 radical (unpaired) electrons. The number of urea groups is 1. The Kier molecular flexibility index (Phi) is 6.26. The maximum atomic E-state index is 13.3. The minimum atomic E-state index is -1.55. The number of hydrogen-bond donors (Lipinski definition) is 2. The maximum Gasteiger partial charge on any atom is 0.420 e. The Balaban J connectivity index is 1.95. The van der Waals surface area contributed by atoms with Crippen LogP contribution < -0.4 is 21.5 Å². The molecule has 1 aliphatic heterocycles. The number of amides is 3. The van der Waals surface area contributed by atoms with Crippen molar-refractivity contribution in [3.8, 4) is 18.0 Å². The summed E-state index contributed by atoms with van der Waals surface area (Å²) in [6.07, 6.45) is 9.43. The van der Waals surface area contributed by atoms with E-state index in [1.165, 1.54) is 17.0 Å². The van der Waals surface area contributed by atoms with E-state index in [-0.39, 0.29) is 18.5 Å². The molecule has 3 amide bonds. The summed E-state index contributed by atoms with van der Waals surface area (Å²) in [6.45, 7) is 2.34. The molecule has 2 aromatic carbocycles. The lowest BCUT2D eigenvalue weighted by molar-refractivity contribution is -0.127. The molecule has 0 aliphatic carbocycles. The van der Waals surface area contributed by atoms with Gasteiger partial charge in [-0.2, -0.15) is 4.48 Å². The molecule has 0 bridgehead atoms. The number of primary amides is 2. The number of ether oxygens (including phenoxy) is 1. The van der Waals surface area contributed by atoms with Crippen LogP contribution in [0.4, 0.5) is 10.5 Å². The molecule has 0 spiro atoms. The Labute approximate surface area is 202 Å². The van der Waals surface area contributed by atoms with Crippen LogP contribution in [0.15, 0.2) is 71.9 Å². The number of nitrogens with two attached hydrogens (primary N) is 2. The average Bonchev–Trinajstić information content (AvgIpc) is 3.22. The van der Waals surface area contributed by atoms with Crippen LogP contribution in [-0.2, 0) is 15.1 Å². The number of nitrogens with zero attached hydrogens (tertiary/aromatic N) is 3. The molecule has 1 saturated heterocycles. The van der Waals surface area contributed by atoms with Crippen molar-refractivity contribution in [3.05, 3.63) is 88.6 Å². The lowest BCUT2D eigenvalue weighted by Gasteiger charge is -2.42. The molecule has 1 aliphatic rings. The van der Waals surface area contributed by atoms with E-state index in [4.69, 9.17) is 22.6 Å². The van der Waals surface area contributed by atoms with Crippen molar-refractivity contribution in [1.29, 1.82) is 0 Å². The van der Waals surface area contributed by atoms with Crippen LogP contribution in [0.2, 0.25) is 0 Å². The molecular weight excluding hydrogens is 446 g/mol. The van der Waals surface area contributed by atoms with E-state index in [1.54, 1.807) is 54.7 Å². The molecule has 1 fully saturated rings. The van der Waals surface area contributed by atoms with Crippen molar-refractivity contribution < 1.29 is 14.3 Å². The topological polar surface area (TPSA) is 130 Å². The molecule has 9 nitrogen and oxygen atoms in total. The van der Waals surface area contributed by atoms with Gasteiger partial charge in [-0.25, -0.2) is 4.79 Å². The molecule has 3 aromatic rings. The average molecular weight is 473 g/mol. The lowest BCUT2D eigenvalue weighted by atomic mass is 9.83. The zero-order valence-electron chi connectivity index (χ0n) is 19.3. The third-order valence-electron chi connectivity index (χ3n) is 6.66. The standard InChI is InChI=1S/C26H25N5O4/c1-3-18-5-11-21(12-6-18)31(25(28)34)17-22(35-4-2)15-26(31,24(27)33)19-7-9-20(10-8-19)30-14-13-29-16-23(30)32/h1,5-14,16,22H,4,15,17H2,2H3,(H3-,27,28,33,34)/p+1/t22-,26+,31?/m1/s1. The summed E-state index contributed by atoms with van der Waals surface area (Å²) >= 11 is 0. The second-order valence-electron chi connectivity index (χ2n) is 8.36. The smallest absolute Gasteiger partial charge is 0.372 e. The number of quaternary nitrogens is 1. The van der Waals surface area contributed by atoms with E-state index in [2.05, 4.69) is 10.9 Å². The van der Waals surface area contributed by atoms with E-state index in [1.807, 2.05) is 6.92 Å². The van der Waals surface area contributed by atoms with E-state index >= 15 is 0 Å². The van der Waals surface area contributed by atoms with Crippen LogP contribution in [0.3, 0.4) is 0 Å². The first-order valence-corrected chi connectivity index (χ1v) is 11.1. The van der Waals surface area contributed by atoms with E-state index in [0.29, 0.717) is 29.1 Å². The van der Waals surface area contributed by atoms with Gasteiger partial charge in [0, 0.05) is 54.4 Å². The zero-order valence-corrected chi connectivity index (χ0v) is 19.3. The fourth-order valence-corrected chi connectivity index (χ4v) is 5.13. The Morgan fingerprint density at radius 2 is 1.89 bits per heavy atom. The second-order valence-corrected chi connectivity index (χ2v) is 8.36. The number of hydrogen-bond acceptors (Lipinski definition) is 5. The summed E-state index contributed by atoms with van der Waals surface area (Å²) in [7, 11) is 0. The van der Waals surface area contributed by atoms with Crippen molar-refractivity contribution in [3.63, 3.8) is 0 Å². The summed E-state index contributed by atoms with van der Waals surface area (Å²) in [5.74, 6) is 1.83. The summed E-state index contributed by atoms with van der Waals surface area (Å²) in [5, 5.41) is 0. The van der Waals surface area contributed by atoms with Gasteiger partial charge in [0.25, 0.3) is 11.5 Å². The normalized spacial score (nSPS) is 23.5. The van der Waals surface area contributed by atoms with E-state index < -0.39 is 28.1 Å². The van der Waals surface area contributed by atoms with Crippen molar-refractivity contribution in [2.45, 2.75) is 25.0 Å². The van der Waals surface area contributed by atoms with Gasteiger partial charge in [0.05, 0.1) is 6.20 Å². The Hall–Kier alpha value is -4.26. The van der Waals surface area contributed by atoms with Crippen molar-refractivity contribution >= 4 is 17.6 Å². The van der Waals surface area contributed by atoms with Gasteiger partial charge < -0.3 is 16.2 Å². The number of carbonyl (C=O) groups excluding carboxylic acids is 2. The van der Waals surface area contributed by atoms with Crippen LogP contribution in [0, 0.1) is 12.3 Å².